The molecule has 0 saturated heterocycles. The number of hydrogen-bond acceptors (Lipinski definition) is 6. The minimum atomic E-state index is -0.128. The standard InChI is InChI=1S/C18H19N5O2/c1-11-12(2)22-17(23-18(11)24)14-4-5-15(21-10-14)20-9-13-6-7-19-16(8-13)25-3/h4-8,10H,9H2,1-3H3,(H,20,21)(H,22,23,24). The SMILES string of the molecule is COc1cc(CNc2ccc(-c3nc(C)c(C)c(=O)[nH]3)cn2)ccn1. The molecule has 128 valence electrons. The van der Waals surface area contributed by atoms with Crippen molar-refractivity contribution in [1.29, 1.82) is 0 Å². The fourth-order valence-corrected chi connectivity index (χ4v) is 2.28. The maximum atomic E-state index is 11.9. The van der Waals surface area contributed by atoms with Crippen molar-refractivity contribution in [2.45, 2.75) is 20.4 Å². The molecule has 0 fully saturated rings. The lowest BCUT2D eigenvalue weighted by atomic mass is 10.2. The smallest absolute Gasteiger partial charge is 0.254 e. The molecule has 3 rings (SSSR count). The molecular formula is C18H19N5O2. The van der Waals surface area contributed by atoms with Crippen LogP contribution in [0.5, 0.6) is 5.88 Å². The van der Waals surface area contributed by atoms with Crippen LogP contribution in [-0.4, -0.2) is 27.0 Å². The molecule has 0 atom stereocenters. The summed E-state index contributed by atoms with van der Waals surface area (Å²) >= 11 is 0. The molecule has 25 heavy (non-hydrogen) atoms. The maximum Gasteiger partial charge on any atom is 0.254 e. The van der Waals surface area contributed by atoms with E-state index in [0.29, 0.717) is 29.5 Å². The highest BCUT2D eigenvalue weighted by Gasteiger charge is 2.06. The molecule has 0 unspecified atom stereocenters. The van der Waals surface area contributed by atoms with Crippen molar-refractivity contribution in [3.63, 3.8) is 0 Å². The van der Waals surface area contributed by atoms with E-state index in [2.05, 4.69) is 25.3 Å². The molecule has 2 N–H and O–H groups in total. The van der Waals surface area contributed by atoms with Crippen molar-refractivity contribution in [3.05, 3.63) is 63.8 Å². The lowest BCUT2D eigenvalue weighted by molar-refractivity contribution is 0.397. The summed E-state index contributed by atoms with van der Waals surface area (Å²) in [5, 5.41) is 3.24. The number of anilines is 1. The molecule has 0 spiro atoms. The van der Waals surface area contributed by atoms with E-state index in [-0.39, 0.29) is 5.56 Å². The second-order valence-corrected chi connectivity index (χ2v) is 5.62. The minimum absolute atomic E-state index is 0.128. The topological polar surface area (TPSA) is 92.8 Å². The third kappa shape index (κ3) is 3.82. The number of aromatic nitrogens is 4. The number of rotatable bonds is 5. The molecule has 3 heterocycles. The van der Waals surface area contributed by atoms with Crippen molar-refractivity contribution < 1.29 is 4.74 Å². The van der Waals surface area contributed by atoms with Crippen LogP contribution in [0.15, 0.2) is 41.5 Å². The molecule has 0 radical (unpaired) electrons. The lowest BCUT2D eigenvalue weighted by Crippen LogP contribution is -2.14. The molecule has 0 aliphatic rings. The number of aryl methyl sites for hydroxylation is 1. The Morgan fingerprint density at radius 3 is 2.72 bits per heavy atom. The van der Waals surface area contributed by atoms with Gasteiger partial charge in [0.25, 0.3) is 5.56 Å². The Morgan fingerprint density at radius 1 is 1.20 bits per heavy atom. The zero-order valence-electron chi connectivity index (χ0n) is 14.3. The Morgan fingerprint density at radius 2 is 2.04 bits per heavy atom. The molecule has 3 aromatic rings. The highest BCUT2D eigenvalue weighted by atomic mass is 16.5. The summed E-state index contributed by atoms with van der Waals surface area (Å²) in [6, 6.07) is 7.50. The third-order valence-corrected chi connectivity index (χ3v) is 3.91. The molecule has 0 bridgehead atoms. The van der Waals surface area contributed by atoms with Crippen LogP contribution < -0.4 is 15.6 Å². The van der Waals surface area contributed by atoms with Gasteiger partial charge in [-0.05, 0) is 37.6 Å². The highest BCUT2D eigenvalue weighted by molar-refractivity contribution is 5.56. The fourth-order valence-electron chi connectivity index (χ4n) is 2.28. The summed E-state index contributed by atoms with van der Waals surface area (Å²) in [5.41, 5.74) is 3.01. The van der Waals surface area contributed by atoms with Crippen molar-refractivity contribution in [2.24, 2.45) is 0 Å². The van der Waals surface area contributed by atoms with E-state index in [1.54, 1.807) is 26.4 Å². The average Bonchev–Trinajstić information content (AvgIpc) is 2.64. The number of methoxy groups -OCH3 is 1. The molecule has 0 amide bonds. The Labute approximate surface area is 145 Å². The summed E-state index contributed by atoms with van der Waals surface area (Å²) in [5.74, 6) is 1.82. The monoisotopic (exact) mass is 337 g/mol. The molecule has 3 aromatic heterocycles. The second-order valence-electron chi connectivity index (χ2n) is 5.62. The Balaban J connectivity index is 1.73. The van der Waals surface area contributed by atoms with Gasteiger partial charge in [-0.1, -0.05) is 0 Å². The van der Waals surface area contributed by atoms with Gasteiger partial charge in [0, 0.05) is 41.8 Å². The number of aromatic amines is 1. The number of nitrogens with zero attached hydrogens (tertiary/aromatic N) is 3. The van der Waals surface area contributed by atoms with Gasteiger partial charge in [-0.15, -0.1) is 0 Å². The zero-order valence-corrected chi connectivity index (χ0v) is 14.3. The van der Waals surface area contributed by atoms with Crippen LogP contribution in [-0.2, 0) is 6.54 Å². The van der Waals surface area contributed by atoms with Gasteiger partial charge in [0.1, 0.15) is 11.6 Å². The first-order valence-electron chi connectivity index (χ1n) is 7.83. The van der Waals surface area contributed by atoms with Crippen LogP contribution in [0.25, 0.3) is 11.4 Å². The van der Waals surface area contributed by atoms with Gasteiger partial charge >= 0.3 is 0 Å². The first kappa shape index (κ1) is 16.6. The van der Waals surface area contributed by atoms with Gasteiger partial charge in [-0.25, -0.2) is 15.0 Å². The second kappa shape index (κ2) is 7.12. The van der Waals surface area contributed by atoms with Gasteiger partial charge in [0.05, 0.1) is 7.11 Å². The van der Waals surface area contributed by atoms with E-state index < -0.39 is 0 Å². The van der Waals surface area contributed by atoms with Crippen LogP contribution in [0.1, 0.15) is 16.8 Å². The van der Waals surface area contributed by atoms with Gasteiger partial charge in [-0.3, -0.25) is 4.79 Å². The summed E-state index contributed by atoms with van der Waals surface area (Å²) in [6.45, 7) is 4.18. The minimum Gasteiger partial charge on any atom is -0.481 e. The third-order valence-electron chi connectivity index (χ3n) is 3.91. The molecule has 0 aliphatic heterocycles. The molecule has 0 saturated carbocycles. The largest absolute Gasteiger partial charge is 0.481 e. The normalized spacial score (nSPS) is 10.5. The first-order valence-corrected chi connectivity index (χ1v) is 7.83. The van der Waals surface area contributed by atoms with E-state index in [0.717, 1.165) is 16.9 Å². The molecule has 0 aromatic carbocycles. The highest BCUT2D eigenvalue weighted by Crippen LogP contribution is 2.16. The fraction of sp³-hybridized carbons (Fsp3) is 0.222. The van der Waals surface area contributed by atoms with E-state index in [9.17, 15) is 4.79 Å². The van der Waals surface area contributed by atoms with Gasteiger partial charge in [0.2, 0.25) is 5.88 Å². The molecule has 7 heteroatoms. The summed E-state index contributed by atoms with van der Waals surface area (Å²) in [6.07, 6.45) is 3.39. The van der Waals surface area contributed by atoms with Crippen molar-refractivity contribution in [1.82, 2.24) is 19.9 Å². The van der Waals surface area contributed by atoms with Crippen molar-refractivity contribution in [3.8, 4) is 17.3 Å². The molecule has 0 aliphatic carbocycles. The maximum absolute atomic E-state index is 11.9. The van der Waals surface area contributed by atoms with Crippen molar-refractivity contribution in [2.75, 3.05) is 12.4 Å². The van der Waals surface area contributed by atoms with E-state index in [4.69, 9.17) is 4.74 Å². The van der Waals surface area contributed by atoms with E-state index in [1.165, 1.54) is 0 Å². The van der Waals surface area contributed by atoms with E-state index in [1.807, 2.05) is 31.2 Å². The number of H-pyrrole nitrogens is 1. The first-order chi connectivity index (χ1) is 12.1. The van der Waals surface area contributed by atoms with Crippen LogP contribution in [0.3, 0.4) is 0 Å². The molecule has 7 nitrogen and oxygen atoms in total. The van der Waals surface area contributed by atoms with Crippen LogP contribution in [0, 0.1) is 13.8 Å². The summed E-state index contributed by atoms with van der Waals surface area (Å²) < 4.78 is 5.11. The Hall–Kier alpha value is -3.22. The number of hydrogen-bond donors (Lipinski definition) is 2. The average molecular weight is 337 g/mol. The predicted octanol–water partition coefficient (Wildman–Crippen LogP) is 2.46. The molecular weight excluding hydrogens is 318 g/mol. The Bertz CT molecular complexity index is 935. The van der Waals surface area contributed by atoms with Gasteiger partial charge in [-0.2, -0.15) is 0 Å². The number of pyridine rings is 2. The quantitative estimate of drug-likeness (QED) is 0.743. The predicted molar refractivity (Wildman–Crippen MR) is 95.7 cm³/mol. The van der Waals surface area contributed by atoms with Crippen molar-refractivity contribution >= 4 is 5.82 Å². The van der Waals surface area contributed by atoms with Crippen LogP contribution >= 0.6 is 0 Å². The lowest BCUT2D eigenvalue weighted by Gasteiger charge is -2.08. The number of nitrogens with one attached hydrogen (secondary N) is 2. The summed E-state index contributed by atoms with van der Waals surface area (Å²) in [4.78, 5) is 27.5. The van der Waals surface area contributed by atoms with Crippen LogP contribution in [0.4, 0.5) is 5.82 Å². The zero-order chi connectivity index (χ0) is 17.8. The van der Waals surface area contributed by atoms with Gasteiger partial charge < -0.3 is 15.0 Å². The van der Waals surface area contributed by atoms with Crippen LogP contribution in [0.2, 0.25) is 0 Å². The number of ether oxygens (including phenoxy) is 1. The van der Waals surface area contributed by atoms with Gasteiger partial charge in [0.15, 0.2) is 0 Å². The Kier molecular flexibility index (Phi) is 4.74. The summed E-state index contributed by atoms with van der Waals surface area (Å²) in [7, 11) is 1.59. The van der Waals surface area contributed by atoms with E-state index >= 15 is 0 Å².